The third-order valence-corrected chi connectivity index (χ3v) is 9.20. The van der Waals surface area contributed by atoms with Crippen LogP contribution < -0.4 is 20.7 Å². The minimum Gasteiger partial charge on any atom is -0.494 e. The summed E-state index contributed by atoms with van der Waals surface area (Å²) < 4.78 is 17.1. The molecular weight excluding hydrogens is 700 g/mol. The van der Waals surface area contributed by atoms with Gasteiger partial charge in [-0.3, -0.25) is 19.2 Å². The van der Waals surface area contributed by atoms with Crippen LogP contribution in [0.3, 0.4) is 0 Å². The Bertz CT molecular complexity index is 1600. The molecule has 3 rings (SSSR count). The average molecular weight is 765 g/mol. The van der Waals surface area contributed by atoms with Crippen LogP contribution in [0.2, 0.25) is 0 Å². The summed E-state index contributed by atoms with van der Waals surface area (Å²) in [6.07, 6.45) is 13.0. The van der Waals surface area contributed by atoms with Gasteiger partial charge in [-0.05, 0) is 135 Å². The van der Waals surface area contributed by atoms with Crippen molar-refractivity contribution in [3.8, 4) is 5.75 Å². The van der Waals surface area contributed by atoms with E-state index in [2.05, 4.69) is 35.0 Å². The van der Waals surface area contributed by atoms with E-state index in [-0.39, 0.29) is 25.5 Å². The molecule has 12 nitrogen and oxygen atoms in total. The van der Waals surface area contributed by atoms with Gasteiger partial charge in [0, 0.05) is 26.6 Å². The van der Waals surface area contributed by atoms with E-state index in [9.17, 15) is 24.0 Å². The summed E-state index contributed by atoms with van der Waals surface area (Å²) in [6.45, 7) is 18.1. The van der Waals surface area contributed by atoms with E-state index in [1.165, 1.54) is 12.5 Å². The summed E-state index contributed by atoms with van der Waals surface area (Å²) in [4.78, 5) is 66.5. The van der Waals surface area contributed by atoms with Crippen molar-refractivity contribution in [2.24, 2.45) is 5.92 Å². The fraction of sp³-hybridized carbons (Fsp3) is 0.605. The molecular formula is C43H64N4O8. The van der Waals surface area contributed by atoms with E-state index < -0.39 is 47.0 Å². The molecule has 2 unspecified atom stereocenters. The number of likely N-dealkylation sites (tertiary alicyclic amines) is 1. The van der Waals surface area contributed by atoms with Crippen LogP contribution in [-0.4, -0.2) is 77.7 Å². The number of hydrogen-bond donors (Lipinski definition) is 3. The van der Waals surface area contributed by atoms with Crippen LogP contribution in [0.4, 0.5) is 4.79 Å². The predicted octanol–water partition coefficient (Wildman–Crippen LogP) is 6.75. The van der Waals surface area contributed by atoms with E-state index in [1.807, 2.05) is 58.0 Å². The number of hydrogen-bond acceptors (Lipinski definition) is 8. The van der Waals surface area contributed by atoms with Gasteiger partial charge in [0.25, 0.3) is 0 Å². The largest absolute Gasteiger partial charge is 0.494 e. The highest BCUT2D eigenvalue weighted by Gasteiger charge is 2.30. The normalized spacial score (nSPS) is 19.8. The highest BCUT2D eigenvalue weighted by atomic mass is 16.6. The first-order valence-corrected chi connectivity index (χ1v) is 19.6. The molecule has 0 bridgehead atoms. The molecule has 0 radical (unpaired) electrons. The first-order chi connectivity index (χ1) is 25.8. The minimum absolute atomic E-state index is 0.194. The standard InChI is InChI=1S/C43H64N4O8/c1-29-13-10-11-14-32(18-16-29)19-21-36(46-40(51)37(45-31(3)48)26-38(49)54-42(4,5)6)39(50)44-27-34-25-35(20-17-30(34)2)53-24-22-33-15-12-23-47(28-33)41(52)55-43(7,8)9/h11,14,16-18,20,25,33,36-37H,10,12-13,15,19,21-24,26-28H2,1-9H3,(H,44,50)(H,45,48)(H,46,51)/b14-11-,29-16+,32-18+/t33?,36?,37-/m0/s1. The summed E-state index contributed by atoms with van der Waals surface area (Å²) >= 11 is 0. The quantitative estimate of drug-likeness (QED) is 0.166. The fourth-order valence-corrected chi connectivity index (χ4v) is 6.33. The Kier molecular flexibility index (Phi) is 17.0. The Morgan fingerprint density at radius 3 is 2.35 bits per heavy atom. The fourth-order valence-electron chi connectivity index (χ4n) is 6.33. The molecule has 55 heavy (non-hydrogen) atoms. The van der Waals surface area contributed by atoms with Gasteiger partial charge in [0.05, 0.1) is 13.0 Å². The Morgan fingerprint density at radius 2 is 1.65 bits per heavy atom. The van der Waals surface area contributed by atoms with E-state index in [0.29, 0.717) is 37.8 Å². The molecule has 1 aromatic rings. The van der Waals surface area contributed by atoms with Gasteiger partial charge in [0.1, 0.15) is 29.0 Å². The second-order valence-electron chi connectivity index (χ2n) is 16.7. The summed E-state index contributed by atoms with van der Waals surface area (Å²) in [5.74, 6) is -1.21. The average Bonchev–Trinajstić information content (AvgIpc) is 3.07. The van der Waals surface area contributed by atoms with Crippen molar-refractivity contribution >= 4 is 29.8 Å². The maximum absolute atomic E-state index is 13.8. The molecule has 12 heteroatoms. The third-order valence-electron chi connectivity index (χ3n) is 9.20. The summed E-state index contributed by atoms with van der Waals surface area (Å²) in [5, 5.41) is 8.34. The van der Waals surface area contributed by atoms with Crippen LogP contribution in [0.1, 0.15) is 118 Å². The molecule has 0 spiro atoms. The Morgan fingerprint density at radius 1 is 0.927 bits per heavy atom. The second-order valence-corrected chi connectivity index (χ2v) is 16.7. The lowest BCUT2D eigenvalue weighted by Gasteiger charge is -2.34. The number of carbonyl (C=O) groups excluding carboxylic acids is 5. The number of rotatable bonds is 15. The number of piperidine rings is 1. The topological polar surface area (TPSA) is 152 Å². The number of nitrogens with zero attached hydrogens (tertiary/aromatic N) is 1. The lowest BCUT2D eigenvalue weighted by molar-refractivity contribution is -0.156. The number of aryl methyl sites for hydroxylation is 1. The van der Waals surface area contributed by atoms with Crippen molar-refractivity contribution in [3.63, 3.8) is 0 Å². The summed E-state index contributed by atoms with van der Waals surface area (Å²) in [5.41, 5.74) is 2.78. The zero-order chi connectivity index (χ0) is 40.8. The molecule has 3 atom stereocenters. The first-order valence-electron chi connectivity index (χ1n) is 19.6. The number of amides is 4. The zero-order valence-electron chi connectivity index (χ0n) is 34.5. The molecule has 1 heterocycles. The van der Waals surface area contributed by atoms with Crippen LogP contribution in [0.25, 0.3) is 0 Å². The van der Waals surface area contributed by atoms with Crippen LogP contribution in [-0.2, 0) is 35.2 Å². The number of ether oxygens (including phenoxy) is 3. The predicted molar refractivity (Wildman–Crippen MR) is 213 cm³/mol. The van der Waals surface area contributed by atoms with E-state index in [4.69, 9.17) is 14.2 Å². The molecule has 4 amide bonds. The number of allylic oxidation sites excluding steroid dienone is 6. The van der Waals surface area contributed by atoms with Crippen molar-refractivity contribution in [2.75, 3.05) is 19.7 Å². The van der Waals surface area contributed by atoms with Gasteiger partial charge in [-0.15, -0.1) is 0 Å². The number of carbonyl (C=O) groups is 5. The van der Waals surface area contributed by atoms with Crippen molar-refractivity contribution in [1.82, 2.24) is 20.9 Å². The van der Waals surface area contributed by atoms with Crippen LogP contribution in [0, 0.1) is 12.8 Å². The maximum Gasteiger partial charge on any atom is 0.410 e. The molecule has 0 aromatic heterocycles. The van der Waals surface area contributed by atoms with Crippen molar-refractivity contribution in [3.05, 3.63) is 64.8 Å². The summed E-state index contributed by atoms with van der Waals surface area (Å²) in [6, 6.07) is 3.57. The zero-order valence-corrected chi connectivity index (χ0v) is 34.5. The van der Waals surface area contributed by atoms with E-state index in [1.54, 1.807) is 25.7 Å². The van der Waals surface area contributed by atoms with Crippen molar-refractivity contribution < 1.29 is 38.2 Å². The Labute approximate surface area is 327 Å². The van der Waals surface area contributed by atoms with Crippen LogP contribution in [0.15, 0.2) is 53.6 Å². The van der Waals surface area contributed by atoms with E-state index >= 15 is 0 Å². The van der Waals surface area contributed by atoms with E-state index in [0.717, 1.165) is 48.8 Å². The molecule has 3 N–H and O–H groups in total. The lowest BCUT2D eigenvalue weighted by atomic mass is 9.95. The molecule has 0 saturated carbocycles. The van der Waals surface area contributed by atoms with Crippen molar-refractivity contribution in [1.29, 1.82) is 0 Å². The van der Waals surface area contributed by atoms with Gasteiger partial charge < -0.3 is 35.1 Å². The van der Waals surface area contributed by atoms with Gasteiger partial charge >= 0.3 is 12.1 Å². The third kappa shape index (κ3) is 17.2. The van der Waals surface area contributed by atoms with Crippen molar-refractivity contribution in [2.45, 2.75) is 144 Å². The van der Waals surface area contributed by atoms with Crippen LogP contribution >= 0.6 is 0 Å². The Balaban J connectivity index is 1.68. The van der Waals surface area contributed by atoms with Gasteiger partial charge in [0.15, 0.2) is 0 Å². The lowest BCUT2D eigenvalue weighted by Crippen LogP contribution is -2.54. The smallest absolute Gasteiger partial charge is 0.410 e. The number of nitrogens with one attached hydrogen (secondary N) is 3. The molecule has 1 fully saturated rings. The molecule has 1 saturated heterocycles. The van der Waals surface area contributed by atoms with Crippen LogP contribution in [0.5, 0.6) is 5.75 Å². The highest BCUT2D eigenvalue weighted by molar-refractivity contribution is 5.94. The van der Waals surface area contributed by atoms with Gasteiger partial charge in [-0.25, -0.2) is 4.79 Å². The number of esters is 1. The van der Waals surface area contributed by atoms with Gasteiger partial charge in [-0.1, -0.05) is 35.9 Å². The SMILES string of the molecule is CC(=O)N[C@@H](CC(=O)OC(C)(C)C)C(=O)NC(CCC1=C/C=C(\C)CC/C=C\1)C(=O)NCc1cc(OCCC2CCCN(C(=O)OC(C)(C)C)C2)ccc1C. The molecule has 2 aliphatic rings. The molecule has 1 aliphatic heterocycles. The molecule has 1 aliphatic carbocycles. The highest BCUT2D eigenvalue weighted by Crippen LogP contribution is 2.24. The summed E-state index contributed by atoms with van der Waals surface area (Å²) in [7, 11) is 0. The first kappa shape index (κ1) is 44.8. The second kappa shape index (κ2) is 20.9. The maximum atomic E-state index is 13.8. The van der Waals surface area contributed by atoms with Gasteiger partial charge in [-0.2, -0.15) is 0 Å². The Hall–Kier alpha value is -4.61. The molecule has 1 aromatic carbocycles. The molecule has 304 valence electrons. The number of benzene rings is 1. The minimum atomic E-state index is -1.22. The van der Waals surface area contributed by atoms with Gasteiger partial charge in [0.2, 0.25) is 17.7 Å². The monoisotopic (exact) mass is 764 g/mol.